The topological polar surface area (TPSA) is 52.7 Å². The minimum Gasteiger partial charge on any atom is -0.336 e. The average molecular weight is 372 g/mol. The Bertz CT molecular complexity index is 851. The van der Waals surface area contributed by atoms with Gasteiger partial charge in [0.15, 0.2) is 0 Å². The van der Waals surface area contributed by atoms with Crippen molar-refractivity contribution in [1.29, 1.82) is 0 Å². The molecular formula is C20H22ClN3O2. The van der Waals surface area contributed by atoms with E-state index in [9.17, 15) is 9.59 Å². The number of amides is 3. The summed E-state index contributed by atoms with van der Waals surface area (Å²) in [4.78, 5) is 28.2. The monoisotopic (exact) mass is 371 g/mol. The maximum atomic E-state index is 13.1. The van der Waals surface area contributed by atoms with Gasteiger partial charge in [-0.1, -0.05) is 43.6 Å². The Balaban J connectivity index is 1.96. The van der Waals surface area contributed by atoms with Crippen LogP contribution in [0.3, 0.4) is 0 Å². The van der Waals surface area contributed by atoms with E-state index < -0.39 is 0 Å². The predicted octanol–water partition coefficient (Wildman–Crippen LogP) is 4.27. The van der Waals surface area contributed by atoms with Gasteiger partial charge in [-0.2, -0.15) is 0 Å². The van der Waals surface area contributed by atoms with Crippen LogP contribution < -0.4 is 15.1 Å². The molecule has 1 N–H and O–H groups in total. The number of rotatable bonds is 4. The zero-order chi connectivity index (χ0) is 18.8. The van der Waals surface area contributed by atoms with E-state index in [2.05, 4.69) is 19.2 Å². The first-order valence-electron chi connectivity index (χ1n) is 8.62. The molecule has 136 valence electrons. The smallest absolute Gasteiger partial charge is 0.321 e. The summed E-state index contributed by atoms with van der Waals surface area (Å²) >= 11 is 6.30. The van der Waals surface area contributed by atoms with Crippen molar-refractivity contribution in [3.63, 3.8) is 0 Å². The molecule has 0 radical (unpaired) electrons. The second kappa shape index (κ2) is 7.38. The van der Waals surface area contributed by atoms with Crippen LogP contribution in [-0.2, 0) is 0 Å². The Kier molecular flexibility index (Phi) is 5.18. The van der Waals surface area contributed by atoms with Gasteiger partial charge in [0.2, 0.25) is 0 Å². The first kappa shape index (κ1) is 18.3. The fraction of sp³-hybridized carbons (Fsp3) is 0.300. The molecule has 5 nitrogen and oxygen atoms in total. The van der Waals surface area contributed by atoms with Crippen molar-refractivity contribution in [2.75, 3.05) is 29.9 Å². The van der Waals surface area contributed by atoms with E-state index in [4.69, 9.17) is 11.6 Å². The molecule has 26 heavy (non-hydrogen) atoms. The zero-order valence-electron chi connectivity index (χ0n) is 15.1. The number of anilines is 2. The van der Waals surface area contributed by atoms with E-state index in [1.807, 2.05) is 24.3 Å². The van der Waals surface area contributed by atoms with Gasteiger partial charge in [-0.15, -0.1) is 0 Å². The number of hydrogen-bond donors (Lipinski definition) is 1. The number of benzene rings is 2. The number of para-hydroxylation sites is 1. The summed E-state index contributed by atoms with van der Waals surface area (Å²) in [6.45, 7) is 5.35. The molecule has 0 unspecified atom stereocenters. The molecule has 1 aliphatic rings. The second-order valence-electron chi connectivity index (χ2n) is 6.63. The Hall–Kier alpha value is -2.53. The largest absolute Gasteiger partial charge is 0.336 e. The van der Waals surface area contributed by atoms with Crippen molar-refractivity contribution in [3.8, 4) is 0 Å². The van der Waals surface area contributed by atoms with Gasteiger partial charge in [-0.3, -0.25) is 9.69 Å². The molecule has 2 aromatic rings. The third-order valence-corrected chi connectivity index (χ3v) is 4.90. The summed E-state index contributed by atoms with van der Waals surface area (Å²) < 4.78 is 0. The molecule has 3 amide bonds. The first-order valence-corrected chi connectivity index (χ1v) is 9.00. The molecule has 1 saturated heterocycles. The summed E-state index contributed by atoms with van der Waals surface area (Å²) in [6, 6.07) is 12.8. The number of hydrogen-bond acceptors (Lipinski definition) is 2. The highest BCUT2D eigenvalue weighted by Gasteiger charge is 2.24. The molecule has 6 heteroatoms. The molecule has 2 aromatic carbocycles. The summed E-state index contributed by atoms with van der Waals surface area (Å²) in [7, 11) is 1.75. The third kappa shape index (κ3) is 3.40. The lowest BCUT2D eigenvalue weighted by atomic mass is 10.00. The van der Waals surface area contributed by atoms with Crippen molar-refractivity contribution in [2.45, 2.75) is 19.8 Å². The standard InChI is InChI=1S/C20H22ClN3O2/c1-13(2)15-6-4-5-7-18(15)23(3)19(25)16-12-14(8-9-17(16)21)24-11-10-22-20(24)26/h4-9,12-13H,10-11H2,1-3H3,(H,22,26). The minimum atomic E-state index is -0.204. The van der Waals surface area contributed by atoms with Gasteiger partial charge in [0, 0.05) is 31.5 Å². The maximum absolute atomic E-state index is 13.1. The normalized spacial score (nSPS) is 13.9. The molecule has 1 aliphatic heterocycles. The zero-order valence-corrected chi connectivity index (χ0v) is 15.9. The van der Waals surface area contributed by atoms with E-state index >= 15 is 0 Å². The molecule has 3 rings (SSSR count). The van der Waals surface area contributed by atoms with E-state index in [0.717, 1.165) is 11.3 Å². The minimum absolute atomic E-state index is 0.163. The van der Waals surface area contributed by atoms with Crippen molar-refractivity contribution >= 4 is 34.9 Å². The number of carbonyl (C=O) groups excluding carboxylic acids is 2. The summed E-state index contributed by atoms with van der Waals surface area (Å²) in [5.41, 5.74) is 2.99. The molecular weight excluding hydrogens is 350 g/mol. The summed E-state index contributed by atoms with van der Waals surface area (Å²) in [5, 5.41) is 3.13. The fourth-order valence-corrected chi connectivity index (χ4v) is 3.33. The van der Waals surface area contributed by atoms with Gasteiger partial charge in [0.1, 0.15) is 0 Å². The molecule has 1 fully saturated rings. The van der Waals surface area contributed by atoms with Crippen LogP contribution in [0.5, 0.6) is 0 Å². The third-order valence-electron chi connectivity index (χ3n) is 4.57. The Labute approximate surface area is 158 Å². The van der Waals surface area contributed by atoms with Gasteiger partial charge in [-0.05, 0) is 35.7 Å². The highest BCUT2D eigenvalue weighted by molar-refractivity contribution is 6.34. The number of nitrogens with zero attached hydrogens (tertiary/aromatic N) is 2. The lowest BCUT2D eigenvalue weighted by Crippen LogP contribution is -2.30. The van der Waals surface area contributed by atoms with Crippen molar-refractivity contribution in [1.82, 2.24) is 5.32 Å². The molecule has 0 spiro atoms. The highest BCUT2D eigenvalue weighted by atomic mass is 35.5. The summed E-state index contributed by atoms with van der Waals surface area (Å²) in [6.07, 6.45) is 0. The van der Waals surface area contributed by atoms with Crippen LogP contribution >= 0.6 is 11.6 Å². The van der Waals surface area contributed by atoms with Gasteiger partial charge >= 0.3 is 6.03 Å². The molecule has 0 aliphatic carbocycles. The maximum Gasteiger partial charge on any atom is 0.321 e. The van der Waals surface area contributed by atoms with Crippen LogP contribution in [0, 0.1) is 0 Å². The van der Waals surface area contributed by atoms with Gasteiger partial charge in [0.25, 0.3) is 5.91 Å². The number of nitrogens with one attached hydrogen (secondary N) is 1. The first-order chi connectivity index (χ1) is 12.4. The van der Waals surface area contributed by atoms with Crippen LogP contribution in [0.2, 0.25) is 5.02 Å². The molecule has 0 saturated carbocycles. The second-order valence-corrected chi connectivity index (χ2v) is 7.03. The fourth-order valence-electron chi connectivity index (χ4n) is 3.13. The van der Waals surface area contributed by atoms with E-state index in [-0.39, 0.29) is 17.9 Å². The van der Waals surface area contributed by atoms with Gasteiger partial charge < -0.3 is 10.2 Å². The summed E-state index contributed by atoms with van der Waals surface area (Å²) in [5.74, 6) is 0.0844. The van der Waals surface area contributed by atoms with Crippen LogP contribution in [0.25, 0.3) is 0 Å². The Morgan fingerprint density at radius 2 is 1.96 bits per heavy atom. The molecule has 0 atom stereocenters. The van der Waals surface area contributed by atoms with Gasteiger partial charge in [0.05, 0.1) is 10.6 Å². The van der Waals surface area contributed by atoms with Crippen LogP contribution in [0.4, 0.5) is 16.2 Å². The van der Waals surface area contributed by atoms with Crippen molar-refractivity contribution in [3.05, 3.63) is 58.6 Å². The highest BCUT2D eigenvalue weighted by Crippen LogP contribution is 2.30. The molecule has 0 bridgehead atoms. The van der Waals surface area contributed by atoms with E-state index in [1.165, 1.54) is 0 Å². The lowest BCUT2D eigenvalue weighted by molar-refractivity contribution is 0.0993. The lowest BCUT2D eigenvalue weighted by Gasteiger charge is -2.23. The van der Waals surface area contributed by atoms with Crippen molar-refractivity contribution in [2.24, 2.45) is 0 Å². The molecule has 1 heterocycles. The van der Waals surface area contributed by atoms with Crippen LogP contribution in [0.15, 0.2) is 42.5 Å². The van der Waals surface area contributed by atoms with Crippen LogP contribution in [0.1, 0.15) is 35.7 Å². The number of halogens is 1. The van der Waals surface area contributed by atoms with Crippen molar-refractivity contribution < 1.29 is 9.59 Å². The Morgan fingerprint density at radius 1 is 1.23 bits per heavy atom. The predicted molar refractivity (Wildman–Crippen MR) is 105 cm³/mol. The number of urea groups is 1. The number of carbonyl (C=O) groups is 2. The van der Waals surface area contributed by atoms with E-state index in [1.54, 1.807) is 35.0 Å². The SMILES string of the molecule is CC(C)c1ccccc1N(C)C(=O)c1cc(N2CCNC2=O)ccc1Cl. The Morgan fingerprint density at radius 3 is 2.62 bits per heavy atom. The average Bonchev–Trinajstić information content (AvgIpc) is 3.07. The van der Waals surface area contributed by atoms with Crippen LogP contribution in [-0.4, -0.2) is 32.1 Å². The molecule has 0 aromatic heterocycles. The quantitative estimate of drug-likeness (QED) is 0.872. The van der Waals surface area contributed by atoms with Gasteiger partial charge in [-0.25, -0.2) is 4.79 Å². The van der Waals surface area contributed by atoms with E-state index in [0.29, 0.717) is 29.4 Å².